The van der Waals surface area contributed by atoms with E-state index in [0.29, 0.717) is 30.3 Å². The van der Waals surface area contributed by atoms with Crippen molar-refractivity contribution in [3.8, 4) is 0 Å². The van der Waals surface area contributed by atoms with E-state index in [1.807, 2.05) is 21.1 Å². The summed E-state index contributed by atoms with van der Waals surface area (Å²) in [6.07, 6.45) is 49.5. The number of carbonyl (C=O) groups is 1. The first-order valence-electron chi connectivity index (χ1n) is 23.4. The molecule has 0 heterocycles. The van der Waals surface area contributed by atoms with Gasteiger partial charge in [-0.05, 0) is 89.9 Å². The lowest BCUT2D eigenvalue weighted by Gasteiger charge is -2.31. The number of unbranched alkanes of at least 4 members (excludes halogenated alkanes) is 15. The number of quaternary nitrogens is 1. The summed E-state index contributed by atoms with van der Waals surface area (Å²) in [5, 5.41) is 24.6. The molecule has 59 heavy (non-hydrogen) atoms. The Kier molecular flexibility index (Phi) is 38.6. The molecule has 3 N–H and O–H groups in total. The molecule has 0 aromatic rings. The molecule has 0 fully saturated rings. The van der Waals surface area contributed by atoms with Crippen LogP contribution >= 0.6 is 7.82 Å². The molecule has 342 valence electrons. The van der Waals surface area contributed by atoms with Gasteiger partial charge in [-0.15, -0.1) is 0 Å². The highest BCUT2D eigenvalue weighted by Crippen LogP contribution is 2.38. The lowest BCUT2D eigenvalue weighted by Crippen LogP contribution is -2.51. The van der Waals surface area contributed by atoms with Crippen molar-refractivity contribution in [3.05, 3.63) is 72.9 Å². The molecule has 0 spiro atoms. The minimum Gasteiger partial charge on any atom is -0.756 e. The van der Waals surface area contributed by atoms with Crippen molar-refractivity contribution >= 4 is 13.7 Å². The molecular weight excluding hydrogens is 760 g/mol. The Morgan fingerprint density at radius 1 is 0.627 bits per heavy atom. The molecule has 0 aromatic heterocycles. The molecule has 0 aromatic carbocycles. The van der Waals surface area contributed by atoms with Gasteiger partial charge in [-0.2, -0.15) is 0 Å². The summed E-state index contributed by atoms with van der Waals surface area (Å²) >= 11 is 0. The molecule has 9 nitrogen and oxygen atoms in total. The van der Waals surface area contributed by atoms with E-state index in [9.17, 15) is 24.5 Å². The van der Waals surface area contributed by atoms with Gasteiger partial charge in [0.1, 0.15) is 19.3 Å². The zero-order chi connectivity index (χ0) is 43.7. The van der Waals surface area contributed by atoms with Crippen LogP contribution in [0.25, 0.3) is 0 Å². The number of nitrogens with zero attached hydrogens (tertiary/aromatic N) is 1. The third-order valence-corrected chi connectivity index (χ3v) is 11.0. The quantitative estimate of drug-likeness (QED) is 0.0242. The number of hydrogen-bond donors (Lipinski definition) is 3. The van der Waals surface area contributed by atoms with Crippen LogP contribution in [0.1, 0.15) is 174 Å². The van der Waals surface area contributed by atoms with Gasteiger partial charge >= 0.3 is 0 Å². The third kappa shape index (κ3) is 41.0. The predicted molar refractivity (Wildman–Crippen MR) is 248 cm³/mol. The van der Waals surface area contributed by atoms with Crippen LogP contribution in [-0.2, 0) is 18.4 Å². The Labute approximate surface area is 362 Å². The maximum absolute atomic E-state index is 12.9. The molecule has 0 aliphatic heterocycles. The van der Waals surface area contributed by atoms with Crippen molar-refractivity contribution in [3.63, 3.8) is 0 Å². The van der Waals surface area contributed by atoms with E-state index in [2.05, 4.69) is 92.1 Å². The summed E-state index contributed by atoms with van der Waals surface area (Å²) in [6, 6.07) is -1.10. The SMILES string of the molecule is CC/C=C\C/C=C\C/C=C\C/C=C\CCCCCCCCCCCCC(=O)NC(COP(=O)([O-])OCC[N+](C)(C)C)C(O)C(O)CCC/C=C/CC/C=C/CCCCC. The van der Waals surface area contributed by atoms with Crippen LogP contribution in [0.2, 0.25) is 0 Å². The highest BCUT2D eigenvalue weighted by Gasteiger charge is 2.29. The van der Waals surface area contributed by atoms with Crippen molar-refractivity contribution in [2.24, 2.45) is 0 Å². The smallest absolute Gasteiger partial charge is 0.268 e. The van der Waals surface area contributed by atoms with Crippen LogP contribution in [0, 0.1) is 0 Å². The van der Waals surface area contributed by atoms with Gasteiger partial charge in [0.2, 0.25) is 5.91 Å². The van der Waals surface area contributed by atoms with Crippen molar-refractivity contribution in [1.29, 1.82) is 0 Å². The van der Waals surface area contributed by atoms with Gasteiger partial charge in [0.05, 0.1) is 39.9 Å². The molecule has 0 bridgehead atoms. The van der Waals surface area contributed by atoms with Crippen LogP contribution in [0.4, 0.5) is 0 Å². The first-order valence-corrected chi connectivity index (χ1v) is 24.8. The number of aliphatic hydroxyl groups is 2. The van der Waals surface area contributed by atoms with Gasteiger partial charge in [0.25, 0.3) is 7.82 Å². The van der Waals surface area contributed by atoms with Gasteiger partial charge in [0, 0.05) is 6.42 Å². The normalized spacial score (nSPS) is 15.5. The molecule has 0 saturated heterocycles. The monoisotopic (exact) mass is 849 g/mol. The second kappa shape index (κ2) is 40.0. The molecule has 0 aliphatic rings. The number of carbonyl (C=O) groups excluding carboxylic acids is 1. The van der Waals surface area contributed by atoms with E-state index in [1.54, 1.807) is 0 Å². The summed E-state index contributed by atoms with van der Waals surface area (Å²) in [7, 11) is 1.08. The molecule has 0 radical (unpaired) electrons. The van der Waals surface area contributed by atoms with E-state index in [4.69, 9.17) is 9.05 Å². The van der Waals surface area contributed by atoms with Crippen molar-refractivity contribution in [1.82, 2.24) is 5.32 Å². The van der Waals surface area contributed by atoms with Gasteiger partial charge in [-0.1, -0.05) is 151 Å². The number of allylic oxidation sites excluding steroid dienone is 12. The molecule has 0 rings (SSSR count). The summed E-state index contributed by atoms with van der Waals surface area (Å²) < 4.78 is 23.1. The van der Waals surface area contributed by atoms with Crippen LogP contribution in [0.3, 0.4) is 0 Å². The Bertz CT molecular complexity index is 1210. The molecule has 0 aliphatic carbocycles. The molecule has 4 atom stereocenters. The Hall–Kier alpha value is -2.10. The van der Waals surface area contributed by atoms with Gasteiger partial charge in [-0.3, -0.25) is 9.36 Å². The molecule has 10 heteroatoms. The lowest BCUT2D eigenvalue weighted by atomic mass is 10.0. The zero-order valence-corrected chi connectivity index (χ0v) is 39.2. The van der Waals surface area contributed by atoms with Gasteiger partial charge < -0.3 is 34.0 Å². The zero-order valence-electron chi connectivity index (χ0n) is 38.3. The van der Waals surface area contributed by atoms with Gasteiger partial charge in [-0.25, -0.2) is 0 Å². The van der Waals surface area contributed by atoms with E-state index in [-0.39, 0.29) is 18.9 Å². The first-order chi connectivity index (χ1) is 28.4. The van der Waals surface area contributed by atoms with Crippen molar-refractivity contribution in [2.45, 2.75) is 193 Å². The molecule has 1 amide bonds. The fourth-order valence-electron chi connectivity index (χ4n) is 6.26. The molecular formula is C49H89N2O7P. The summed E-state index contributed by atoms with van der Waals surface area (Å²) in [5.41, 5.74) is 0. The minimum absolute atomic E-state index is 0.0531. The maximum atomic E-state index is 12.9. The Morgan fingerprint density at radius 3 is 1.63 bits per heavy atom. The topological polar surface area (TPSA) is 128 Å². The summed E-state index contributed by atoms with van der Waals surface area (Å²) in [5.74, 6) is -0.302. The fraction of sp³-hybridized carbons (Fsp3) is 0.735. The predicted octanol–water partition coefficient (Wildman–Crippen LogP) is 11.5. The number of nitrogens with one attached hydrogen (secondary N) is 1. The molecule has 4 unspecified atom stereocenters. The number of amides is 1. The summed E-state index contributed by atoms with van der Waals surface area (Å²) in [4.78, 5) is 25.4. The number of phosphoric ester groups is 1. The highest BCUT2D eigenvalue weighted by molar-refractivity contribution is 7.45. The van der Waals surface area contributed by atoms with E-state index in [1.165, 1.54) is 57.8 Å². The summed E-state index contributed by atoms with van der Waals surface area (Å²) in [6.45, 7) is 4.24. The first kappa shape index (κ1) is 56.9. The van der Waals surface area contributed by atoms with Crippen LogP contribution in [0.5, 0.6) is 0 Å². The fourth-order valence-corrected chi connectivity index (χ4v) is 6.98. The third-order valence-electron chi connectivity index (χ3n) is 10.00. The minimum atomic E-state index is -4.68. The van der Waals surface area contributed by atoms with Crippen LogP contribution < -0.4 is 10.2 Å². The average Bonchev–Trinajstić information content (AvgIpc) is 3.19. The van der Waals surface area contributed by atoms with Crippen LogP contribution in [-0.4, -0.2) is 79.8 Å². The Balaban J connectivity index is 4.44. The number of likely N-dealkylation sites (N-methyl/N-ethyl adjacent to an activating group) is 1. The lowest BCUT2D eigenvalue weighted by molar-refractivity contribution is -0.870. The highest BCUT2D eigenvalue weighted by atomic mass is 31.2. The average molecular weight is 849 g/mol. The number of aliphatic hydroxyl groups excluding tert-OH is 2. The largest absolute Gasteiger partial charge is 0.756 e. The van der Waals surface area contributed by atoms with Gasteiger partial charge in [0.15, 0.2) is 0 Å². The standard InChI is InChI=1S/C49H89N2O7P/c1-6-8-10-12-14-16-18-20-21-22-23-24-25-26-27-28-29-30-32-34-36-38-40-42-48(53)50-46(45-58-59(55,56)57-44-43-51(3,4)5)49(54)47(52)41-39-37-35-33-31-19-17-15-13-11-9-7-2/h8,10,14-17,20-21,23-24,33,35,46-47,49,52,54H,6-7,9,11-13,18-19,22,25-32,34,36-45H2,1-5H3,(H-,50,53,55,56)/b10-8-,16-14-,17-15+,21-20-,24-23-,35-33+. The molecule has 0 saturated carbocycles. The second-order valence-electron chi connectivity index (χ2n) is 16.8. The van der Waals surface area contributed by atoms with E-state index < -0.39 is 32.7 Å². The number of rotatable bonds is 41. The number of phosphoric acid groups is 1. The van der Waals surface area contributed by atoms with Crippen molar-refractivity contribution in [2.75, 3.05) is 40.9 Å². The number of hydrogen-bond acceptors (Lipinski definition) is 7. The van der Waals surface area contributed by atoms with Crippen molar-refractivity contribution < 1.29 is 38.0 Å². The Morgan fingerprint density at radius 2 is 1.08 bits per heavy atom. The second-order valence-corrected chi connectivity index (χ2v) is 18.3. The van der Waals surface area contributed by atoms with E-state index in [0.717, 1.165) is 77.0 Å². The maximum Gasteiger partial charge on any atom is 0.268 e. The van der Waals surface area contributed by atoms with Crippen LogP contribution in [0.15, 0.2) is 72.9 Å². The van der Waals surface area contributed by atoms with E-state index >= 15 is 0 Å².